The van der Waals surface area contributed by atoms with Gasteiger partial charge in [-0.3, -0.25) is 0 Å². The summed E-state index contributed by atoms with van der Waals surface area (Å²) in [4.78, 5) is 3.03. The molecule has 3 heteroatoms. The molecule has 1 unspecified atom stereocenters. The Balaban J connectivity index is 2.34. The van der Waals surface area contributed by atoms with E-state index in [0.717, 1.165) is 11.1 Å². The lowest BCUT2D eigenvalue weighted by Crippen LogP contribution is -1.80. The number of epoxide rings is 1. The van der Waals surface area contributed by atoms with Crippen LogP contribution in [0.3, 0.4) is 0 Å². The van der Waals surface area contributed by atoms with Gasteiger partial charge in [0.1, 0.15) is 11.9 Å². The summed E-state index contributed by atoms with van der Waals surface area (Å²) in [5.41, 5.74) is 1.78. The molecule has 0 spiro atoms. The Hall–Kier alpha value is -1.35. The van der Waals surface area contributed by atoms with Gasteiger partial charge in [-0.1, -0.05) is 6.07 Å². The van der Waals surface area contributed by atoms with E-state index in [-0.39, 0.29) is 11.9 Å². The Kier molecular flexibility index (Phi) is 1.27. The molecule has 0 aliphatic carbocycles. The van der Waals surface area contributed by atoms with Crippen molar-refractivity contribution in [3.8, 4) is 0 Å². The first-order chi connectivity index (χ1) is 6.36. The molecule has 0 amide bonds. The van der Waals surface area contributed by atoms with Gasteiger partial charge in [-0.25, -0.2) is 4.39 Å². The molecule has 1 aromatic carbocycles. The standard InChI is InChI=1S/C10H8FNO/c11-7-2-1-3-8-10(7)6(4-12-8)9-5-13-9/h1-4,9,12H,5H2. The van der Waals surface area contributed by atoms with Crippen LogP contribution in [-0.2, 0) is 4.74 Å². The number of fused-ring (bicyclic) bond motifs is 1. The zero-order valence-electron chi connectivity index (χ0n) is 6.88. The number of benzene rings is 1. The van der Waals surface area contributed by atoms with Gasteiger partial charge >= 0.3 is 0 Å². The Morgan fingerprint density at radius 3 is 3.08 bits per heavy atom. The fraction of sp³-hybridized carbons (Fsp3) is 0.200. The largest absolute Gasteiger partial charge is 0.368 e. The molecule has 0 radical (unpaired) electrons. The van der Waals surface area contributed by atoms with Crippen molar-refractivity contribution in [2.75, 3.05) is 6.61 Å². The van der Waals surface area contributed by atoms with Gasteiger partial charge in [-0.2, -0.15) is 0 Å². The number of aromatic amines is 1. The minimum Gasteiger partial charge on any atom is -0.368 e. The summed E-state index contributed by atoms with van der Waals surface area (Å²) in [6.07, 6.45) is 1.93. The van der Waals surface area contributed by atoms with Crippen LogP contribution in [-0.4, -0.2) is 11.6 Å². The summed E-state index contributed by atoms with van der Waals surface area (Å²) in [6.45, 7) is 0.710. The van der Waals surface area contributed by atoms with Crippen LogP contribution in [0, 0.1) is 5.82 Å². The number of hydrogen-bond donors (Lipinski definition) is 1. The first kappa shape index (κ1) is 7.09. The molecule has 66 valence electrons. The molecule has 2 heterocycles. The zero-order valence-corrected chi connectivity index (χ0v) is 6.88. The summed E-state index contributed by atoms with van der Waals surface area (Å²) in [7, 11) is 0. The van der Waals surface area contributed by atoms with Crippen LogP contribution in [0.2, 0.25) is 0 Å². The number of rotatable bonds is 1. The van der Waals surface area contributed by atoms with Crippen molar-refractivity contribution in [3.63, 3.8) is 0 Å². The van der Waals surface area contributed by atoms with Crippen LogP contribution in [0.4, 0.5) is 4.39 Å². The molecule has 1 aromatic heterocycles. The second kappa shape index (κ2) is 2.33. The van der Waals surface area contributed by atoms with Crippen molar-refractivity contribution < 1.29 is 9.13 Å². The van der Waals surface area contributed by atoms with E-state index in [1.807, 2.05) is 12.3 Å². The zero-order chi connectivity index (χ0) is 8.84. The molecule has 1 aliphatic heterocycles. The first-order valence-corrected chi connectivity index (χ1v) is 4.23. The minimum atomic E-state index is -0.177. The highest BCUT2D eigenvalue weighted by atomic mass is 19.1. The molecule has 1 aliphatic rings. The van der Waals surface area contributed by atoms with Gasteiger partial charge in [0, 0.05) is 22.7 Å². The number of hydrogen-bond acceptors (Lipinski definition) is 1. The Morgan fingerprint density at radius 2 is 2.31 bits per heavy atom. The van der Waals surface area contributed by atoms with Crippen molar-refractivity contribution in [3.05, 3.63) is 35.8 Å². The van der Waals surface area contributed by atoms with Crippen LogP contribution < -0.4 is 0 Å². The second-order valence-electron chi connectivity index (χ2n) is 3.23. The molecule has 13 heavy (non-hydrogen) atoms. The molecular formula is C10H8FNO. The third-order valence-electron chi connectivity index (χ3n) is 2.37. The van der Waals surface area contributed by atoms with E-state index < -0.39 is 0 Å². The van der Waals surface area contributed by atoms with Crippen LogP contribution in [0.15, 0.2) is 24.4 Å². The highest BCUT2D eigenvalue weighted by Gasteiger charge is 2.28. The predicted octanol–water partition coefficient (Wildman–Crippen LogP) is 2.38. The van der Waals surface area contributed by atoms with E-state index in [2.05, 4.69) is 4.98 Å². The van der Waals surface area contributed by atoms with Crippen molar-refractivity contribution in [2.45, 2.75) is 6.10 Å². The topological polar surface area (TPSA) is 28.3 Å². The second-order valence-corrected chi connectivity index (χ2v) is 3.23. The van der Waals surface area contributed by atoms with Gasteiger partial charge in [0.2, 0.25) is 0 Å². The molecule has 1 fully saturated rings. The molecule has 2 aromatic rings. The molecule has 0 bridgehead atoms. The fourth-order valence-corrected chi connectivity index (χ4v) is 1.65. The van der Waals surface area contributed by atoms with Crippen LogP contribution >= 0.6 is 0 Å². The van der Waals surface area contributed by atoms with Crippen LogP contribution in [0.5, 0.6) is 0 Å². The van der Waals surface area contributed by atoms with Gasteiger partial charge in [-0.15, -0.1) is 0 Å². The minimum absolute atomic E-state index is 0.102. The smallest absolute Gasteiger partial charge is 0.132 e. The summed E-state index contributed by atoms with van der Waals surface area (Å²) in [6, 6.07) is 5.04. The number of nitrogens with one attached hydrogen (secondary N) is 1. The van der Waals surface area contributed by atoms with E-state index in [1.165, 1.54) is 6.07 Å². The third-order valence-corrected chi connectivity index (χ3v) is 2.37. The normalized spacial score (nSPS) is 20.8. The van der Waals surface area contributed by atoms with E-state index in [9.17, 15) is 4.39 Å². The molecule has 2 nitrogen and oxygen atoms in total. The maximum atomic E-state index is 13.4. The van der Waals surface area contributed by atoms with E-state index in [1.54, 1.807) is 6.07 Å². The van der Waals surface area contributed by atoms with Crippen molar-refractivity contribution in [1.29, 1.82) is 0 Å². The molecular weight excluding hydrogens is 169 g/mol. The van der Waals surface area contributed by atoms with Crippen LogP contribution in [0.25, 0.3) is 10.9 Å². The molecule has 1 atom stereocenters. The SMILES string of the molecule is Fc1cccc2[nH]cc(C3CO3)c12. The maximum Gasteiger partial charge on any atom is 0.132 e. The third kappa shape index (κ3) is 0.971. The Bertz CT molecular complexity index is 459. The summed E-state index contributed by atoms with van der Waals surface area (Å²) >= 11 is 0. The quantitative estimate of drug-likeness (QED) is 0.665. The van der Waals surface area contributed by atoms with Gasteiger partial charge in [0.25, 0.3) is 0 Å². The highest BCUT2D eigenvalue weighted by molar-refractivity contribution is 5.84. The monoisotopic (exact) mass is 177 g/mol. The first-order valence-electron chi connectivity index (χ1n) is 4.23. The van der Waals surface area contributed by atoms with E-state index in [0.29, 0.717) is 12.0 Å². The Labute approximate surface area is 74.3 Å². The van der Waals surface area contributed by atoms with E-state index >= 15 is 0 Å². The van der Waals surface area contributed by atoms with Gasteiger partial charge in [0.05, 0.1) is 6.61 Å². The maximum absolute atomic E-state index is 13.4. The van der Waals surface area contributed by atoms with Gasteiger partial charge < -0.3 is 9.72 Å². The van der Waals surface area contributed by atoms with Gasteiger partial charge in [0.15, 0.2) is 0 Å². The molecule has 3 rings (SSSR count). The molecule has 1 N–H and O–H groups in total. The van der Waals surface area contributed by atoms with Crippen molar-refractivity contribution >= 4 is 10.9 Å². The predicted molar refractivity (Wildman–Crippen MR) is 46.9 cm³/mol. The average molecular weight is 177 g/mol. The summed E-state index contributed by atoms with van der Waals surface area (Å²) in [5.74, 6) is -0.177. The van der Waals surface area contributed by atoms with Crippen molar-refractivity contribution in [1.82, 2.24) is 4.98 Å². The number of H-pyrrole nitrogens is 1. The lowest BCUT2D eigenvalue weighted by molar-refractivity contribution is 0.416. The van der Waals surface area contributed by atoms with E-state index in [4.69, 9.17) is 4.74 Å². The average Bonchev–Trinajstić information content (AvgIpc) is 2.87. The van der Waals surface area contributed by atoms with Crippen LogP contribution in [0.1, 0.15) is 11.7 Å². The summed E-state index contributed by atoms with van der Waals surface area (Å²) in [5, 5.41) is 0.671. The lowest BCUT2D eigenvalue weighted by atomic mass is 10.1. The lowest BCUT2D eigenvalue weighted by Gasteiger charge is -1.94. The Morgan fingerprint density at radius 1 is 1.46 bits per heavy atom. The number of aromatic nitrogens is 1. The summed E-state index contributed by atoms with van der Waals surface area (Å²) < 4.78 is 18.5. The number of halogens is 1. The molecule has 0 saturated carbocycles. The number of ether oxygens (including phenoxy) is 1. The van der Waals surface area contributed by atoms with Gasteiger partial charge in [-0.05, 0) is 12.1 Å². The fourth-order valence-electron chi connectivity index (χ4n) is 1.65. The molecule has 1 saturated heterocycles. The van der Waals surface area contributed by atoms with Crippen molar-refractivity contribution in [2.24, 2.45) is 0 Å². The highest BCUT2D eigenvalue weighted by Crippen LogP contribution is 2.35.